The van der Waals surface area contributed by atoms with Gasteiger partial charge in [0.2, 0.25) is 0 Å². The highest BCUT2D eigenvalue weighted by Gasteiger charge is 2.27. The van der Waals surface area contributed by atoms with Crippen molar-refractivity contribution in [2.75, 3.05) is 26.8 Å². The van der Waals surface area contributed by atoms with Gasteiger partial charge in [-0.1, -0.05) is 0 Å². The minimum atomic E-state index is 0.0839. The SMILES string of the molecule is COc1csc(C(=O)N2CCC(c3ccnn3CCO)CC2)c1. The highest BCUT2D eigenvalue weighted by molar-refractivity contribution is 7.12. The standard InChI is InChI=1S/C16H21N3O3S/c1-22-13-10-15(23-11-13)16(21)18-6-3-12(4-7-18)14-2-5-17-19(14)8-9-20/h2,5,10-12,20H,3-4,6-9H2,1H3. The van der Waals surface area contributed by atoms with Crippen molar-refractivity contribution in [3.8, 4) is 5.75 Å². The molecule has 7 heteroatoms. The number of aliphatic hydroxyl groups is 1. The zero-order valence-corrected chi connectivity index (χ0v) is 14.0. The van der Waals surface area contributed by atoms with Crippen LogP contribution < -0.4 is 4.74 Å². The van der Waals surface area contributed by atoms with Crippen LogP contribution in [0.2, 0.25) is 0 Å². The molecule has 2 aromatic heterocycles. The summed E-state index contributed by atoms with van der Waals surface area (Å²) >= 11 is 1.43. The van der Waals surface area contributed by atoms with Crippen molar-refractivity contribution in [2.24, 2.45) is 0 Å². The van der Waals surface area contributed by atoms with Gasteiger partial charge in [-0.05, 0) is 18.9 Å². The number of hydrogen-bond donors (Lipinski definition) is 1. The van der Waals surface area contributed by atoms with Gasteiger partial charge in [-0.3, -0.25) is 9.48 Å². The second-order valence-corrected chi connectivity index (χ2v) is 6.53. The van der Waals surface area contributed by atoms with Crippen molar-refractivity contribution in [1.29, 1.82) is 0 Å². The summed E-state index contributed by atoms with van der Waals surface area (Å²) in [4.78, 5) is 15.2. The lowest BCUT2D eigenvalue weighted by atomic mass is 9.93. The number of piperidine rings is 1. The molecule has 0 atom stereocenters. The molecule has 0 aromatic carbocycles. The predicted octanol–water partition coefficient (Wildman–Crippen LogP) is 1.97. The number of nitrogens with zero attached hydrogens (tertiary/aromatic N) is 3. The van der Waals surface area contributed by atoms with Gasteiger partial charge in [0.25, 0.3) is 5.91 Å². The molecule has 0 saturated carbocycles. The topological polar surface area (TPSA) is 67.6 Å². The third-order valence-electron chi connectivity index (χ3n) is 4.28. The fourth-order valence-corrected chi connectivity index (χ4v) is 3.86. The van der Waals surface area contributed by atoms with E-state index in [4.69, 9.17) is 9.84 Å². The second-order valence-electron chi connectivity index (χ2n) is 5.62. The fraction of sp³-hybridized carbons (Fsp3) is 0.500. The van der Waals surface area contributed by atoms with Gasteiger partial charge in [0.1, 0.15) is 5.75 Å². The first kappa shape index (κ1) is 16.0. The van der Waals surface area contributed by atoms with E-state index in [1.165, 1.54) is 11.3 Å². The van der Waals surface area contributed by atoms with Crippen LogP contribution >= 0.6 is 11.3 Å². The first-order valence-electron chi connectivity index (χ1n) is 7.77. The molecule has 124 valence electrons. The minimum Gasteiger partial charge on any atom is -0.496 e. The van der Waals surface area contributed by atoms with Crippen LogP contribution in [0.25, 0.3) is 0 Å². The van der Waals surface area contributed by atoms with Gasteiger partial charge in [-0.15, -0.1) is 11.3 Å². The predicted molar refractivity (Wildman–Crippen MR) is 88.1 cm³/mol. The molecule has 6 nitrogen and oxygen atoms in total. The molecule has 0 spiro atoms. The van der Waals surface area contributed by atoms with E-state index >= 15 is 0 Å². The van der Waals surface area contributed by atoms with Gasteiger partial charge < -0.3 is 14.7 Å². The normalized spacial score (nSPS) is 15.8. The summed E-state index contributed by atoms with van der Waals surface area (Å²) in [6.07, 6.45) is 3.62. The van der Waals surface area contributed by atoms with Crippen LogP contribution in [0.15, 0.2) is 23.7 Å². The van der Waals surface area contributed by atoms with Crippen molar-refractivity contribution < 1.29 is 14.6 Å². The molecule has 0 aliphatic carbocycles. The van der Waals surface area contributed by atoms with Crippen molar-refractivity contribution in [2.45, 2.75) is 25.3 Å². The van der Waals surface area contributed by atoms with E-state index in [0.717, 1.165) is 42.3 Å². The average Bonchev–Trinajstić information content (AvgIpc) is 3.24. The first-order valence-corrected chi connectivity index (χ1v) is 8.65. The number of carbonyl (C=O) groups is 1. The molecule has 3 heterocycles. The number of amides is 1. The molecule has 1 N–H and O–H groups in total. The number of aliphatic hydroxyl groups excluding tert-OH is 1. The van der Waals surface area contributed by atoms with Crippen LogP contribution in [-0.2, 0) is 6.54 Å². The quantitative estimate of drug-likeness (QED) is 0.907. The van der Waals surface area contributed by atoms with E-state index in [2.05, 4.69) is 5.10 Å². The molecule has 0 radical (unpaired) electrons. The second kappa shape index (κ2) is 7.14. The summed E-state index contributed by atoms with van der Waals surface area (Å²) < 4.78 is 7.01. The zero-order chi connectivity index (χ0) is 16.2. The molecular weight excluding hydrogens is 314 g/mol. The van der Waals surface area contributed by atoms with Gasteiger partial charge >= 0.3 is 0 Å². The van der Waals surface area contributed by atoms with Crippen molar-refractivity contribution >= 4 is 17.2 Å². The summed E-state index contributed by atoms with van der Waals surface area (Å²) in [5.41, 5.74) is 1.16. The van der Waals surface area contributed by atoms with Crippen LogP contribution in [-0.4, -0.2) is 52.5 Å². The number of thiophene rings is 1. The smallest absolute Gasteiger partial charge is 0.264 e. The molecule has 1 aliphatic rings. The Morgan fingerprint density at radius 1 is 1.48 bits per heavy atom. The largest absolute Gasteiger partial charge is 0.496 e. The number of rotatable bonds is 5. The lowest BCUT2D eigenvalue weighted by Crippen LogP contribution is -2.38. The Morgan fingerprint density at radius 2 is 2.26 bits per heavy atom. The molecular formula is C16H21N3O3S. The van der Waals surface area contributed by atoms with Crippen LogP contribution in [0.5, 0.6) is 5.75 Å². The van der Waals surface area contributed by atoms with Crippen molar-refractivity contribution in [3.63, 3.8) is 0 Å². The summed E-state index contributed by atoms with van der Waals surface area (Å²) in [6, 6.07) is 3.82. The fourth-order valence-electron chi connectivity index (χ4n) is 3.04. The van der Waals surface area contributed by atoms with Gasteiger partial charge in [-0.25, -0.2) is 0 Å². The Hall–Kier alpha value is -1.86. The van der Waals surface area contributed by atoms with Crippen molar-refractivity contribution in [3.05, 3.63) is 34.3 Å². The molecule has 1 aliphatic heterocycles. The van der Waals surface area contributed by atoms with Crippen LogP contribution in [0.4, 0.5) is 0 Å². The molecule has 0 bridgehead atoms. The number of hydrogen-bond acceptors (Lipinski definition) is 5. The number of likely N-dealkylation sites (tertiary alicyclic amines) is 1. The number of carbonyl (C=O) groups excluding carboxylic acids is 1. The maximum Gasteiger partial charge on any atom is 0.264 e. The minimum absolute atomic E-state index is 0.0839. The molecule has 2 aromatic rings. The number of methoxy groups -OCH3 is 1. The summed E-state index contributed by atoms with van der Waals surface area (Å²) in [5.74, 6) is 1.22. The lowest BCUT2D eigenvalue weighted by Gasteiger charge is -2.32. The Labute approximate surface area is 139 Å². The monoisotopic (exact) mass is 335 g/mol. The van der Waals surface area contributed by atoms with Gasteiger partial charge in [-0.2, -0.15) is 5.10 Å². The first-order chi connectivity index (χ1) is 11.2. The highest BCUT2D eigenvalue weighted by Crippen LogP contribution is 2.30. The van der Waals surface area contributed by atoms with Crippen LogP contribution in [0.1, 0.15) is 34.1 Å². The van der Waals surface area contributed by atoms with E-state index in [1.807, 2.05) is 21.0 Å². The molecule has 1 saturated heterocycles. The third-order valence-corrected chi connectivity index (χ3v) is 5.18. The van der Waals surface area contributed by atoms with Crippen molar-refractivity contribution in [1.82, 2.24) is 14.7 Å². The summed E-state index contributed by atoms with van der Waals surface area (Å²) in [7, 11) is 1.61. The van der Waals surface area contributed by atoms with Gasteiger partial charge in [0.15, 0.2) is 0 Å². The maximum atomic E-state index is 12.5. The lowest BCUT2D eigenvalue weighted by molar-refractivity contribution is 0.0715. The molecule has 1 fully saturated rings. The molecule has 3 rings (SSSR count). The molecule has 0 unspecified atom stereocenters. The van der Waals surface area contributed by atoms with E-state index in [-0.39, 0.29) is 12.5 Å². The van der Waals surface area contributed by atoms with E-state index in [1.54, 1.807) is 19.4 Å². The Balaban J connectivity index is 1.61. The van der Waals surface area contributed by atoms with E-state index < -0.39 is 0 Å². The molecule has 1 amide bonds. The van der Waals surface area contributed by atoms with Crippen LogP contribution in [0, 0.1) is 0 Å². The summed E-state index contributed by atoms with van der Waals surface area (Å²) in [6.45, 7) is 2.10. The number of aromatic nitrogens is 2. The van der Waals surface area contributed by atoms with Gasteiger partial charge in [0, 0.05) is 42.3 Å². The summed E-state index contributed by atoms with van der Waals surface area (Å²) in [5, 5.41) is 15.2. The third kappa shape index (κ3) is 3.40. The zero-order valence-electron chi connectivity index (χ0n) is 13.1. The Bertz CT molecular complexity index is 659. The van der Waals surface area contributed by atoms with Gasteiger partial charge in [0.05, 0.1) is 25.1 Å². The van der Waals surface area contributed by atoms with E-state index in [0.29, 0.717) is 12.5 Å². The molecule has 23 heavy (non-hydrogen) atoms. The maximum absolute atomic E-state index is 12.5. The Kier molecular flexibility index (Phi) is 4.97. The number of ether oxygens (including phenoxy) is 1. The Morgan fingerprint density at radius 3 is 2.91 bits per heavy atom. The average molecular weight is 335 g/mol. The highest BCUT2D eigenvalue weighted by atomic mass is 32.1. The van der Waals surface area contributed by atoms with E-state index in [9.17, 15) is 4.79 Å². The van der Waals surface area contributed by atoms with Crippen LogP contribution in [0.3, 0.4) is 0 Å².